The van der Waals surface area contributed by atoms with Crippen molar-refractivity contribution >= 4 is 0 Å². The molecule has 0 aromatic carbocycles. The molecule has 0 unspecified atom stereocenters. The lowest BCUT2D eigenvalue weighted by Crippen LogP contribution is -2.65. The monoisotopic (exact) mass is 333 g/mol. The highest BCUT2D eigenvalue weighted by Crippen LogP contribution is 2.58. The van der Waals surface area contributed by atoms with Crippen LogP contribution in [0.2, 0.25) is 0 Å². The van der Waals surface area contributed by atoms with Crippen LogP contribution in [0.5, 0.6) is 0 Å². The molecule has 0 N–H and O–H groups in total. The van der Waals surface area contributed by atoms with Crippen LogP contribution in [-0.4, -0.2) is 73.1 Å². The van der Waals surface area contributed by atoms with Gasteiger partial charge >= 0.3 is 0 Å². The topological polar surface area (TPSA) is 9.72 Å². The molecule has 0 radical (unpaired) electrons. The van der Waals surface area contributed by atoms with Crippen molar-refractivity contribution in [2.24, 2.45) is 16.7 Å². The third-order valence-corrected chi connectivity index (χ3v) is 8.05. The summed E-state index contributed by atoms with van der Waals surface area (Å²) in [6, 6.07) is 1.76. The van der Waals surface area contributed by atoms with Gasteiger partial charge in [-0.25, -0.2) is 0 Å². The van der Waals surface area contributed by atoms with Gasteiger partial charge in [0.25, 0.3) is 0 Å². The molecule has 1 spiro atoms. The lowest BCUT2D eigenvalue weighted by atomic mass is 9.51. The van der Waals surface area contributed by atoms with Gasteiger partial charge in [-0.05, 0) is 88.5 Å². The zero-order valence-corrected chi connectivity index (χ0v) is 16.6. The molecule has 138 valence electrons. The van der Waals surface area contributed by atoms with Crippen molar-refractivity contribution in [3.63, 3.8) is 0 Å². The van der Waals surface area contributed by atoms with Crippen molar-refractivity contribution in [1.82, 2.24) is 14.7 Å². The second-order valence-electron chi connectivity index (χ2n) is 10.6. The first-order chi connectivity index (χ1) is 11.3. The van der Waals surface area contributed by atoms with Gasteiger partial charge in [0.05, 0.1) is 0 Å². The average molecular weight is 334 g/mol. The number of rotatable bonds is 2. The molecule has 3 heteroatoms. The van der Waals surface area contributed by atoms with E-state index in [1.165, 1.54) is 77.8 Å². The molecule has 0 bridgehead atoms. The Bertz CT molecular complexity index is 424. The van der Waals surface area contributed by atoms with Crippen LogP contribution in [0.15, 0.2) is 0 Å². The predicted octanol–water partition coefficient (Wildman–Crippen LogP) is 3.30. The molecule has 0 aromatic rings. The zero-order valence-electron chi connectivity index (χ0n) is 16.6. The number of hydrogen-bond acceptors (Lipinski definition) is 3. The van der Waals surface area contributed by atoms with Crippen molar-refractivity contribution in [3.8, 4) is 0 Å². The van der Waals surface area contributed by atoms with Crippen molar-refractivity contribution in [2.45, 2.75) is 71.4 Å². The van der Waals surface area contributed by atoms with Crippen LogP contribution >= 0.6 is 0 Å². The number of likely N-dealkylation sites (tertiary alicyclic amines) is 3. The van der Waals surface area contributed by atoms with Crippen LogP contribution in [0.25, 0.3) is 0 Å². The molecule has 0 aromatic heterocycles. The first-order valence-corrected chi connectivity index (χ1v) is 10.5. The molecule has 3 aliphatic heterocycles. The highest BCUT2D eigenvalue weighted by atomic mass is 15.3. The van der Waals surface area contributed by atoms with Crippen molar-refractivity contribution in [1.29, 1.82) is 0 Å². The highest BCUT2D eigenvalue weighted by molar-refractivity contribution is 5.02. The maximum Gasteiger partial charge on any atom is 0.0350 e. The predicted molar refractivity (Wildman–Crippen MR) is 101 cm³/mol. The zero-order chi connectivity index (χ0) is 16.9. The molecule has 24 heavy (non-hydrogen) atoms. The molecule has 4 fully saturated rings. The summed E-state index contributed by atoms with van der Waals surface area (Å²) in [4.78, 5) is 8.10. The lowest BCUT2D eigenvalue weighted by Gasteiger charge is -2.58. The van der Waals surface area contributed by atoms with Crippen molar-refractivity contribution in [2.75, 3.05) is 46.3 Å². The van der Waals surface area contributed by atoms with Gasteiger partial charge in [0, 0.05) is 25.2 Å². The fraction of sp³-hybridized carbons (Fsp3) is 1.00. The Morgan fingerprint density at radius 2 is 1.38 bits per heavy atom. The van der Waals surface area contributed by atoms with Gasteiger partial charge in [-0.1, -0.05) is 20.8 Å². The summed E-state index contributed by atoms with van der Waals surface area (Å²) in [5.74, 6) is 0.979. The number of piperidine rings is 2. The highest BCUT2D eigenvalue weighted by Gasteiger charge is 2.50. The number of nitrogens with zero attached hydrogens (tertiary/aromatic N) is 3. The third-order valence-electron chi connectivity index (χ3n) is 8.05. The van der Waals surface area contributed by atoms with Gasteiger partial charge < -0.3 is 4.90 Å². The Morgan fingerprint density at radius 1 is 0.792 bits per heavy atom. The standard InChI is InChI=1S/C21H39N3/c1-20(2,3)17-13-21(14-17)7-11-23(12-8-21)19-15-24(16-19)18-5-9-22(4)10-6-18/h17-19H,5-16H2,1-4H3. The van der Waals surface area contributed by atoms with Crippen LogP contribution in [0.3, 0.4) is 0 Å². The van der Waals surface area contributed by atoms with E-state index in [-0.39, 0.29) is 0 Å². The van der Waals surface area contributed by atoms with E-state index < -0.39 is 0 Å². The Morgan fingerprint density at radius 3 is 1.92 bits per heavy atom. The summed E-state index contributed by atoms with van der Waals surface area (Å²) in [5.41, 5.74) is 1.27. The minimum Gasteiger partial charge on any atom is -0.306 e. The minimum atomic E-state index is 0.533. The van der Waals surface area contributed by atoms with E-state index in [0.29, 0.717) is 5.41 Å². The van der Waals surface area contributed by atoms with Gasteiger partial charge in [-0.3, -0.25) is 9.80 Å². The minimum absolute atomic E-state index is 0.533. The third kappa shape index (κ3) is 3.29. The Balaban J connectivity index is 1.19. The molecule has 0 atom stereocenters. The van der Waals surface area contributed by atoms with E-state index in [1.807, 2.05) is 0 Å². The second-order valence-corrected chi connectivity index (χ2v) is 10.6. The quantitative estimate of drug-likeness (QED) is 0.768. The van der Waals surface area contributed by atoms with Gasteiger partial charge in [0.15, 0.2) is 0 Å². The summed E-state index contributed by atoms with van der Waals surface area (Å²) in [6.07, 6.45) is 8.75. The Hall–Kier alpha value is -0.120. The maximum absolute atomic E-state index is 2.83. The van der Waals surface area contributed by atoms with Crippen LogP contribution in [0, 0.1) is 16.7 Å². The first-order valence-electron chi connectivity index (χ1n) is 10.5. The molecule has 4 aliphatic rings. The summed E-state index contributed by atoms with van der Waals surface area (Å²) >= 11 is 0. The van der Waals surface area contributed by atoms with Crippen molar-refractivity contribution < 1.29 is 0 Å². The van der Waals surface area contributed by atoms with Gasteiger partial charge in [-0.15, -0.1) is 0 Å². The molecule has 1 saturated carbocycles. The normalized spacial score (nSPS) is 32.0. The first kappa shape index (κ1) is 17.3. The van der Waals surface area contributed by atoms with E-state index in [9.17, 15) is 0 Å². The maximum atomic E-state index is 2.83. The molecule has 3 saturated heterocycles. The fourth-order valence-electron chi connectivity index (χ4n) is 5.75. The Labute approximate surface area is 149 Å². The van der Waals surface area contributed by atoms with E-state index in [2.05, 4.69) is 42.5 Å². The smallest absolute Gasteiger partial charge is 0.0350 e. The van der Waals surface area contributed by atoms with Crippen molar-refractivity contribution in [3.05, 3.63) is 0 Å². The van der Waals surface area contributed by atoms with Crippen LogP contribution in [0.1, 0.15) is 59.3 Å². The van der Waals surface area contributed by atoms with Gasteiger partial charge in [-0.2, -0.15) is 0 Å². The summed E-state index contributed by atoms with van der Waals surface area (Å²) in [6.45, 7) is 15.4. The number of hydrogen-bond donors (Lipinski definition) is 0. The summed E-state index contributed by atoms with van der Waals surface area (Å²) < 4.78 is 0. The molecule has 3 nitrogen and oxygen atoms in total. The molecule has 4 rings (SSSR count). The molecule has 0 amide bonds. The SMILES string of the molecule is CN1CCC(N2CC(N3CCC4(CC3)CC(C(C)(C)C)C4)C2)CC1. The van der Waals surface area contributed by atoms with E-state index >= 15 is 0 Å². The van der Waals surface area contributed by atoms with E-state index in [4.69, 9.17) is 0 Å². The van der Waals surface area contributed by atoms with Crippen LogP contribution in [-0.2, 0) is 0 Å². The summed E-state index contributed by atoms with van der Waals surface area (Å²) in [5, 5.41) is 0. The van der Waals surface area contributed by atoms with Gasteiger partial charge in [0.2, 0.25) is 0 Å². The molecular weight excluding hydrogens is 294 g/mol. The molecule has 1 aliphatic carbocycles. The van der Waals surface area contributed by atoms with E-state index in [1.54, 1.807) is 0 Å². The molecule has 3 heterocycles. The van der Waals surface area contributed by atoms with Crippen LogP contribution in [0.4, 0.5) is 0 Å². The summed E-state index contributed by atoms with van der Waals surface area (Å²) in [7, 11) is 2.27. The second kappa shape index (κ2) is 6.25. The average Bonchev–Trinajstić information content (AvgIpc) is 2.45. The van der Waals surface area contributed by atoms with Crippen LogP contribution < -0.4 is 0 Å². The lowest BCUT2D eigenvalue weighted by molar-refractivity contribution is -0.0847. The largest absolute Gasteiger partial charge is 0.306 e. The Kier molecular flexibility index (Phi) is 4.50. The van der Waals surface area contributed by atoms with E-state index in [0.717, 1.165) is 23.4 Å². The van der Waals surface area contributed by atoms with Gasteiger partial charge in [0.1, 0.15) is 0 Å². The molecular formula is C21H39N3. The fourth-order valence-corrected chi connectivity index (χ4v) is 5.75.